The van der Waals surface area contributed by atoms with Crippen LogP contribution in [0.15, 0.2) is 23.1 Å². The smallest absolute Gasteiger partial charge is 0.246 e. The number of sulfonamides is 1. The average molecular weight is 298 g/mol. The van der Waals surface area contributed by atoms with Crippen LogP contribution in [0.4, 0.5) is 11.4 Å². The van der Waals surface area contributed by atoms with Crippen LogP contribution in [0, 0.1) is 0 Å². The number of benzene rings is 1. The predicted octanol–water partition coefficient (Wildman–Crippen LogP) is 0.317. The Morgan fingerprint density at radius 2 is 2.10 bits per heavy atom. The Labute approximate surface area is 120 Å². The molecule has 1 atom stereocenters. The van der Waals surface area contributed by atoms with Crippen LogP contribution in [0.25, 0.3) is 0 Å². The van der Waals surface area contributed by atoms with Crippen molar-refractivity contribution in [3.63, 3.8) is 0 Å². The molecular weight excluding hydrogens is 276 g/mol. The Morgan fingerprint density at radius 3 is 2.70 bits per heavy atom. The summed E-state index contributed by atoms with van der Waals surface area (Å²) >= 11 is 0. The van der Waals surface area contributed by atoms with Gasteiger partial charge in [0.15, 0.2) is 0 Å². The molecule has 20 heavy (non-hydrogen) atoms. The lowest BCUT2D eigenvalue weighted by atomic mass is 10.2. The molecule has 1 unspecified atom stereocenters. The van der Waals surface area contributed by atoms with E-state index in [4.69, 9.17) is 5.73 Å². The minimum Gasteiger partial charge on any atom is -0.398 e. The molecule has 1 aliphatic heterocycles. The molecule has 3 N–H and O–H groups in total. The highest BCUT2D eigenvalue weighted by Gasteiger charge is 2.28. The molecule has 1 heterocycles. The van der Waals surface area contributed by atoms with Crippen LogP contribution in [0.2, 0.25) is 0 Å². The molecule has 112 valence electrons. The molecule has 1 saturated heterocycles. The van der Waals surface area contributed by atoms with Gasteiger partial charge in [0, 0.05) is 39.8 Å². The summed E-state index contributed by atoms with van der Waals surface area (Å²) in [5, 5.41) is 3.34. The molecule has 0 spiro atoms. The van der Waals surface area contributed by atoms with E-state index in [0.717, 1.165) is 19.6 Å². The van der Waals surface area contributed by atoms with E-state index in [1.165, 1.54) is 18.4 Å². The van der Waals surface area contributed by atoms with Gasteiger partial charge < -0.3 is 16.0 Å². The fourth-order valence-corrected chi connectivity index (χ4v) is 3.60. The summed E-state index contributed by atoms with van der Waals surface area (Å²) in [6.07, 6.45) is 0. The van der Waals surface area contributed by atoms with Crippen molar-refractivity contribution in [2.24, 2.45) is 0 Å². The molecule has 1 aliphatic rings. The Bertz CT molecular complexity index is 586. The van der Waals surface area contributed by atoms with Crippen LogP contribution < -0.4 is 16.0 Å². The van der Waals surface area contributed by atoms with Crippen molar-refractivity contribution in [1.82, 2.24) is 9.62 Å². The quantitative estimate of drug-likeness (QED) is 0.786. The Morgan fingerprint density at radius 1 is 1.40 bits per heavy atom. The SMILES string of the molecule is CC1CN(c2cccc(N)c2S(=O)(=O)N(C)C)CCN1. The molecule has 6 nitrogen and oxygen atoms in total. The fourth-order valence-electron chi connectivity index (χ4n) is 2.41. The zero-order valence-electron chi connectivity index (χ0n) is 12.1. The van der Waals surface area contributed by atoms with Gasteiger partial charge in [0.1, 0.15) is 4.90 Å². The van der Waals surface area contributed by atoms with Gasteiger partial charge in [0.05, 0.1) is 11.4 Å². The van der Waals surface area contributed by atoms with Crippen molar-refractivity contribution in [2.75, 3.05) is 44.4 Å². The predicted molar refractivity (Wildman–Crippen MR) is 81.4 cm³/mol. The number of nitrogen functional groups attached to an aromatic ring is 1. The molecule has 1 aromatic rings. The minimum absolute atomic E-state index is 0.208. The molecular formula is C13H22N4O2S. The summed E-state index contributed by atoms with van der Waals surface area (Å²) in [4.78, 5) is 2.28. The first-order valence-corrected chi connectivity index (χ1v) is 8.07. The number of rotatable bonds is 3. The molecule has 2 rings (SSSR count). The van der Waals surface area contributed by atoms with Crippen LogP contribution in [-0.4, -0.2) is 52.5 Å². The number of nitrogens with two attached hydrogens (primary N) is 1. The number of nitrogens with one attached hydrogen (secondary N) is 1. The van der Waals surface area contributed by atoms with Gasteiger partial charge in [-0.15, -0.1) is 0 Å². The first-order valence-electron chi connectivity index (χ1n) is 6.63. The van der Waals surface area contributed by atoms with Crippen LogP contribution in [0.5, 0.6) is 0 Å². The Kier molecular flexibility index (Phi) is 4.22. The molecule has 1 aromatic carbocycles. The second-order valence-electron chi connectivity index (χ2n) is 5.28. The summed E-state index contributed by atoms with van der Waals surface area (Å²) < 4.78 is 26.2. The van der Waals surface area contributed by atoms with Crippen LogP contribution in [0.3, 0.4) is 0 Å². The highest BCUT2D eigenvalue weighted by molar-refractivity contribution is 7.89. The summed E-state index contributed by atoms with van der Waals surface area (Å²) in [7, 11) is -0.519. The van der Waals surface area contributed by atoms with Gasteiger partial charge in [-0.3, -0.25) is 0 Å². The van der Waals surface area contributed by atoms with Gasteiger partial charge in [0.2, 0.25) is 10.0 Å². The van der Waals surface area contributed by atoms with Gasteiger partial charge in [0.25, 0.3) is 0 Å². The van der Waals surface area contributed by atoms with Crippen molar-refractivity contribution in [3.05, 3.63) is 18.2 Å². The number of hydrogen-bond donors (Lipinski definition) is 2. The standard InChI is InChI=1S/C13H22N4O2S/c1-10-9-17(8-7-15-10)12-6-4-5-11(14)13(12)20(18,19)16(2)3/h4-6,10,15H,7-9,14H2,1-3H3. The zero-order chi connectivity index (χ0) is 14.9. The Hall–Kier alpha value is -1.31. The van der Waals surface area contributed by atoms with Gasteiger partial charge >= 0.3 is 0 Å². The van der Waals surface area contributed by atoms with Crippen molar-refractivity contribution in [3.8, 4) is 0 Å². The number of anilines is 2. The highest BCUT2D eigenvalue weighted by atomic mass is 32.2. The van der Waals surface area contributed by atoms with Crippen LogP contribution in [0.1, 0.15) is 6.92 Å². The molecule has 0 saturated carbocycles. The molecule has 1 fully saturated rings. The van der Waals surface area contributed by atoms with E-state index in [0.29, 0.717) is 17.4 Å². The first kappa shape index (κ1) is 15.1. The third-order valence-electron chi connectivity index (χ3n) is 3.47. The second kappa shape index (κ2) is 5.59. The minimum atomic E-state index is -3.56. The van der Waals surface area contributed by atoms with E-state index < -0.39 is 10.0 Å². The topological polar surface area (TPSA) is 78.7 Å². The van der Waals surface area contributed by atoms with Crippen molar-refractivity contribution >= 4 is 21.4 Å². The average Bonchev–Trinajstić information content (AvgIpc) is 2.37. The lowest BCUT2D eigenvalue weighted by Gasteiger charge is -2.35. The summed E-state index contributed by atoms with van der Waals surface area (Å²) in [5.41, 5.74) is 6.92. The molecule has 0 radical (unpaired) electrons. The highest BCUT2D eigenvalue weighted by Crippen LogP contribution is 2.32. The molecule has 0 bridgehead atoms. The summed E-state index contributed by atoms with van der Waals surface area (Å²) in [6, 6.07) is 5.57. The maximum atomic E-state index is 12.5. The number of nitrogens with zero attached hydrogens (tertiary/aromatic N) is 2. The molecule has 7 heteroatoms. The van der Waals surface area contributed by atoms with Gasteiger partial charge in [-0.05, 0) is 19.1 Å². The number of piperazine rings is 1. The van der Waals surface area contributed by atoms with Crippen molar-refractivity contribution in [1.29, 1.82) is 0 Å². The van der Waals surface area contributed by atoms with Crippen molar-refractivity contribution < 1.29 is 8.42 Å². The van der Waals surface area contributed by atoms with Crippen molar-refractivity contribution in [2.45, 2.75) is 17.9 Å². The maximum Gasteiger partial charge on any atom is 0.246 e. The maximum absolute atomic E-state index is 12.5. The van der Waals surface area contributed by atoms with Gasteiger partial charge in [-0.25, -0.2) is 12.7 Å². The largest absolute Gasteiger partial charge is 0.398 e. The van der Waals surface area contributed by atoms with Gasteiger partial charge in [-0.1, -0.05) is 6.07 Å². The van der Waals surface area contributed by atoms with E-state index in [1.54, 1.807) is 12.1 Å². The lowest BCUT2D eigenvalue weighted by molar-refractivity contribution is 0.481. The third kappa shape index (κ3) is 2.74. The Balaban J connectivity index is 2.52. The third-order valence-corrected chi connectivity index (χ3v) is 5.40. The summed E-state index contributed by atoms with van der Waals surface area (Å²) in [5.74, 6) is 0. The monoisotopic (exact) mass is 298 g/mol. The van der Waals surface area contributed by atoms with E-state index in [1.807, 2.05) is 6.07 Å². The summed E-state index contributed by atoms with van der Waals surface area (Å²) in [6.45, 7) is 4.44. The number of hydrogen-bond acceptors (Lipinski definition) is 5. The lowest BCUT2D eigenvalue weighted by Crippen LogP contribution is -2.49. The molecule has 0 amide bonds. The van der Waals surface area contributed by atoms with Gasteiger partial charge in [-0.2, -0.15) is 0 Å². The molecule has 0 aliphatic carbocycles. The fraction of sp³-hybridized carbons (Fsp3) is 0.538. The van der Waals surface area contributed by atoms with E-state index in [-0.39, 0.29) is 4.90 Å². The van der Waals surface area contributed by atoms with E-state index >= 15 is 0 Å². The molecule has 0 aromatic heterocycles. The van der Waals surface area contributed by atoms with E-state index in [2.05, 4.69) is 17.1 Å². The first-order chi connectivity index (χ1) is 9.34. The second-order valence-corrected chi connectivity index (χ2v) is 7.37. The van der Waals surface area contributed by atoms with Crippen LogP contribution >= 0.6 is 0 Å². The van der Waals surface area contributed by atoms with E-state index in [9.17, 15) is 8.42 Å². The normalized spacial score (nSPS) is 20.4. The zero-order valence-corrected chi connectivity index (χ0v) is 12.9. The van der Waals surface area contributed by atoms with Crippen LogP contribution in [-0.2, 0) is 10.0 Å².